The second kappa shape index (κ2) is 9.07. The summed E-state index contributed by atoms with van der Waals surface area (Å²) in [5.74, 6) is -0.277. The van der Waals surface area contributed by atoms with Crippen molar-refractivity contribution in [2.24, 2.45) is 0 Å². The van der Waals surface area contributed by atoms with Gasteiger partial charge in [-0.1, -0.05) is 23.7 Å². The SMILES string of the molecule is O=C1CCC(N2Cc3cc(CN(c4nccc(Cl)n4)C4CCCNC4)ccc3C2=O)C(=O)N1. The summed E-state index contributed by atoms with van der Waals surface area (Å²) in [4.78, 5) is 49.4. The van der Waals surface area contributed by atoms with Crippen LogP contribution in [0.15, 0.2) is 30.5 Å². The van der Waals surface area contributed by atoms with Crippen molar-refractivity contribution in [2.45, 2.75) is 50.9 Å². The summed E-state index contributed by atoms with van der Waals surface area (Å²) in [6.45, 7) is 2.76. The van der Waals surface area contributed by atoms with Crippen LogP contribution in [0.3, 0.4) is 0 Å². The van der Waals surface area contributed by atoms with E-state index in [-0.39, 0.29) is 24.3 Å². The molecule has 2 fully saturated rings. The molecule has 9 nitrogen and oxygen atoms in total. The molecule has 0 aliphatic carbocycles. The van der Waals surface area contributed by atoms with E-state index >= 15 is 0 Å². The fraction of sp³-hybridized carbons (Fsp3) is 0.435. The predicted molar refractivity (Wildman–Crippen MR) is 122 cm³/mol. The van der Waals surface area contributed by atoms with E-state index in [1.807, 2.05) is 18.2 Å². The van der Waals surface area contributed by atoms with Crippen molar-refractivity contribution in [3.63, 3.8) is 0 Å². The first-order valence-corrected chi connectivity index (χ1v) is 11.6. The number of carbonyl (C=O) groups is 3. The number of halogens is 1. The normalized spacial score (nSPS) is 22.8. The Morgan fingerprint density at radius 3 is 2.82 bits per heavy atom. The number of rotatable bonds is 5. The summed E-state index contributed by atoms with van der Waals surface area (Å²) in [6.07, 6.45) is 4.35. The van der Waals surface area contributed by atoms with E-state index in [4.69, 9.17) is 11.6 Å². The van der Waals surface area contributed by atoms with Crippen molar-refractivity contribution in [2.75, 3.05) is 18.0 Å². The van der Waals surface area contributed by atoms with Crippen LogP contribution >= 0.6 is 11.6 Å². The molecule has 0 bridgehead atoms. The number of aromatic nitrogens is 2. The Bertz CT molecular complexity index is 1100. The molecule has 10 heteroatoms. The zero-order chi connectivity index (χ0) is 22.9. The van der Waals surface area contributed by atoms with Crippen LogP contribution in [0.4, 0.5) is 5.95 Å². The number of benzene rings is 1. The summed E-state index contributed by atoms with van der Waals surface area (Å²) in [5, 5.41) is 6.18. The van der Waals surface area contributed by atoms with Crippen molar-refractivity contribution in [3.05, 3.63) is 52.3 Å². The number of fused-ring (bicyclic) bond motifs is 1. The van der Waals surface area contributed by atoms with Crippen molar-refractivity contribution >= 4 is 35.3 Å². The van der Waals surface area contributed by atoms with E-state index < -0.39 is 11.9 Å². The van der Waals surface area contributed by atoms with Crippen LogP contribution in [0.25, 0.3) is 0 Å². The molecule has 2 saturated heterocycles. The summed E-state index contributed by atoms with van der Waals surface area (Å²) >= 11 is 6.14. The Hall–Kier alpha value is -3.04. The maximum atomic E-state index is 13.0. The molecule has 2 N–H and O–H groups in total. The highest BCUT2D eigenvalue weighted by Gasteiger charge is 2.39. The molecular formula is C23H25ClN6O3. The number of nitrogens with zero attached hydrogens (tertiary/aromatic N) is 4. The van der Waals surface area contributed by atoms with Gasteiger partial charge in [0.25, 0.3) is 5.91 Å². The van der Waals surface area contributed by atoms with E-state index in [9.17, 15) is 14.4 Å². The Kier molecular flexibility index (Phi) is 5.99. The van der Waals surface area contributed by atoms with E-state index in [1.54, 1.807) is 17.2 Å². The van der Waals surface area contributed by atoms with Gasteiger partial charge in [-0.3, -0.25) is 19.7 Å². The number of carbonyl (C=O) groups excluding carboxylic acids is 3. The molecule has 1 aromatic heterocycles. The van der Waals surface area contributed by atoms with Gasteiger partial charge in [-0.25, -0.2) is 9.97 Å². The second-order valence-corrected chi connectivity index (χ2v) is 9.09. The van der Waals surface area contributed by atoms with Gasteiger partial charge in [-0.2, -0.15) is 0 Å². The van der Waals surface area contributed by atoms with E-state index in [2.05, 4.69) is 25.5 Å². The van der Waals surface area contributed by atoms with Crippen molar-refractivity contribution in [1.82, 2.24) is 25.5 Å². The average molecular weight is 469 g/mol. The largest absolute Gasteiger partial charge is 0.332 e. The summed E-state index contributed by atoms with van der Waals surface area (Å²) in [6, 6.07) is 7.07. The van der Waals surface area contributed by atoms with Gasteiger partial charge in [-0.15, -0.1) is 0 Å². The standard InChI is InChI=1S/C23H25ClN6O3/c24-19-7-9-26-23(27-19)29(16-2-1-8-25-11-16)12-14-3-4-17-15(10-14)13-30(22(17)33)18-5-6-20(31)28-21(18)32/h3-4,7,9-10,16,18,25H,1-2,5-6,8,11-13H2,(H,28,31,32). The first-order valence-electron chi connectivity index (χ1n) is 11.2. The molecule has 172 valence electrons. The third-order valence-corrected chi connectivity index (χ3v) is 6.73. The monoisotopic (exact) mass is 468 g/mol. The highest BCUT2D eigenvalue weighted by Crippen LogP contribution is 2.29. The van der Waals surface area contributed by atoms with Gasteiger partial charge in [0.05, 0.1) is 0 Å². The highest BCUT2D eigenvalue weighted by molar-refractivity contribution is 6.29. The zero-order valence-corrected chi connectivity index (χ0v) is 18.8. The zero-order valence-electron chi connectivity index (χ0n) is 18.1. The fourth-order valence-corrected chi connectivity index (χ4v) is 4.98. The average Bonchev–Trinajstić information content (AvgIpc) is 3.13. The fourth-order valence-electron chi connectivity index (χ4n) is 4.85. The number of imide groups is 1. The molecule has 3 aliphatic heterocycles. The molecule has 2 aromatic rings. The summed E-state index contributed by atoms with van der Waals surface area (Å²) < 4.78 is 0. The Labute approximate surface area is 196 Å². The Balaban J connectivity index is 1.38. The van der Waals surface area contributed by atoms with Crippen molar-refractivity contribution < 1.29 is 14.4 Å². The number of nitrogens with one attached hydrogen (secondary N) is 2. The predicted octanol–water partition coefficient (Wildman–Crippen LogP) is 1.65. The van der Waals surface area contributed by atoms with E-state index in [0.29, 0.717) is 36.2 Å². The molecule has 0 radical (unpaired) electrons. The van der Waals surface area contributed by atoms with Crippen molar-refractivity contribution in [1.29, 1.82) is 0 Å². The second-order valence-electron chi connectivity index (χ2n) is 8.70. The molecule has 2 atom stereocenters. The topological polar surface area (TPSA) is 108 Å². The minimum atomic E-state index is -0.615. The van der Waals surface area contributed by atoms with Gasteiger partial charge in [0, 0.05) is 43.9 Å². The quantitative estimate of drug-likeness (QED) is 0.507. The van der Waals surface area contributed by atoms with E-state index in [1.165, 1.54) is 0 Å². The summed E-state index contributed by atoms with van der Waals surface area (Å²) in [7, 11) is 0. The highest BCUT2D eigenvalue weighted by atomic mass is 35.5. The molecule has 5 rings (SSSR count). The van der Waals surface area contributed by atoms with Crippen LogP contribution in [-0.2, 0) is 22.7 Å². The molecule has 1 aromatic carbocycles. The first kappa shape index (κ1) is 21.8. The molecule has 3 aliphatic rings. The van der Waals surface area contributed by atoms with E-state index in [0.717, 1.165) is 37.1 Å². The minimum Gasteiger partial charge on any atom is -0.332 e. The third kappa shape index (κ3) is 4.43. The number of amides is 3. The molecule has 3 amide bonds. The van der Waals surface area contributed by atoms with Crippen LogP contribution in [0.1, 0.15) is 47.2 Å². The van der Waals surface area contributed by atoms with Crippen LogP contribution < -0.4 is 15.5 Å². The van der Waals surface area contributed by atoms with Gasteiger partial charge in [-0.05, 0) is 49.1 Å². The molecule has 0 saturated carbocycles. The lowest BCUT2D eigenvalue weighted by Crippen LogP contribution is -2.52. The first-order chi connectivity index (χ1) is 16.0. The number of anilines is 1. The van der Waals surface area contributed by atoms with Crippen LogP contribution in [0, 0.1) is 0 Å². The molecule has 33 heavy (non-hydrogen) atoms. The maximum absolute atomic E-state index is 13.0. The lowest BCUT2D eigenvalue weighted by molar-refractivity contribution is -0.136. The van der Waals surface area contributed by atoms with Gasteiger partial charge in [0.15, 0.2) is 0 Å². The Morgan fingerprint density at radius 1 is 1.18 bits per heavy atom. The van der Waals surface area contributed by atoms with Crippen molar-refractivity contribution in [3.8, 4) is 0 Å². The molecular weight excluding hydrogens is 444 g/mol. The van der Waals surface area contributed by atoms with Gasteiger partial charge in [0.2, 0.25) is 17.8 Å². The minimum absolute atomic E-state index is 0.169. The number of hydrogen-bond donors (Lipinski definition) is 2. The Morgan fingerprint density at radius 2 is 2.06 bits per heavy atom. The molecule has 2 unspecified atom stereocenters. The molecule has 4 heterocycles. The molecule has 0 spiro atoms. The van der Waals surface area contributed by atoms with Gasteiger partial charge >= 0.3 is 0 Å². The number of piperidine rings is 2. The third-order valence-electron chi connectivity index (χ3n) is 6.52. The van der Waals surface area contributed by atoms with Crippen LogP contribution in [0.5, 0.6) is 0 Å². The smallest absolute Gasteiger partial charge is 0.255 e. The lowest BCUT2D eigenvalue weighted by Gasteiger charge is -2.35. The van der Waals surface area contributed by atoms with Gasteiger partial charge in [0.1, 0.15) is 11.2 Å². The van der Waals surface area contributed by atoms with Gasteiger partial charge < -0.3 is 15.1 Å². The van der Waals surface area contributed by atoms with Crippen LogP contribution in [0.2, 0.25) is 5.15 Å². The number of hydrogen-bond acceptors (Lipinski definition) is 7. The maximum Gasteiger partial charge on any atom is 0.255 e. The lowest BCUT2D eigenvalue weighted by atomic mass is 10.0. The summed E-state index contributed by atoms with van der Waals surface area (Å²) in [5.41, 5.74) is 2.52. The van der Waals surface area contributed by atoms with Crippen LogP contribution in [-0.4, -0.2) is 57.8 Å².